The first kappa shape index (κ1) is 14.8. The Morgan fingerprint density at radius 2 is 2.24 bits per heavy atom. The fraction of sp³-hybridized carbons (Fsp3) is 0.533. The normalized spacial score (nSPS) is 25.0. The molecule has 21 heavy (non-hydrogen) atoms. The summed E-state index contributed by atoms with van der Waals surface area (Å²) >= 11 is 11.9. The Kier molecular flexibility index (Phi) is 3.70. The van der Waals surface area contributed by atoms with Gasteiger partial charge in [0.25, 0.3) is 0 Å². The molecule has 6 heteroatoms. The van der Waals surface area contributed by atoms with Gasteiger partial charge in [-0.15, -0.1) is 23.2 Å². The van der Waals surface area contributed by atoms with Crippen LogP contribution in [-0.2, 0) is 11.2 Å². The van der Waals surface area contributed by atoms with E-state index < -0.39 is 4.33 Å². The molecular formula is C15H17Cl2NO3. The maximum atomic E-state index is 12.1. The lowest BCUT2D eigenvalue weighted by atomic mass is 10.1. The molecule has 2 atom stereocenters. The first-order valence-corrected chi connectivity index (χ1v) is 7.81. The maximum Gasteiger partial charge on any atom is 0.230 e. The molecule has 1 heterocycles. The molecule has 4 nitrogen and oxygen atoms in total. The SMILES string of the molecule is CCOc1cc2c(cc1NC(=O)C1CC1(Cl)Cl)OC(C)C2. The third-order valence-electron chi connectivity index (χ3n) is 3.70. The van der Waals surface area contributed by atoms with Crippen LogP contribution < -0.4 is 14.8 Å². The Balaban J connectivity index is 1.83. The topological polar surface area (TPSA) is 47.6 Å². The number of fused-ring (bicyclic) bond motifs is 1. The molecule has 3 rings (SSSR count). The van der Waals surface area contributed by atoms with E-state index in [0.29, 0.717) is 24.5 Å². The third-order valence-corrected chi connectivity index (χ3v) is 4.53. The molecule has 0 spiro atoms. The zero-order valence-electron chi connectivity index (χ0n) is 11.9. The molecule has 1 aromatic carbocycles. The van der Waals surface area contributed by atoms with Crippen LogP contribution in [0.2, 0.25) is 0 Å². The van der Waals surface area contributed by atoms with Crippen molar-refractivity contribution in [1.82, 2.24) is 0 Å². The number of carbonyl (C=O) groups excluding carboxylic acids is 1. The van der Waals surface area contributed by atoms with Crippen LogP contribution in [0.5, 0.6) is 11.5 Å². The summed E-state index contributed by atoms with van der Waals surface area (Å²) in [5, 5.41) is 2.84. The van der Waals surface area contributed by atoms with Gasteiger partial charge in [-0.3, -0.25) is 4.79 Å². The van der Waals surface area contributed by atoms with Gasteiger partial charge in [-0.2, -0.15) is 0 Å². The van der Waals surface area contributed by atoms with Crippen LogP contribution in [0.25, 0.3) is 0 Å². The van der Waals surface area contributed by atoms with Gasteiger partial charge in [-0.25, -0.2) is 0 Å². The molecule has 1 aliphatic heterocycles. The average molecular weight is 330 g/mol. The number of rotatable bonds is 4. The predicted octanol–water partition coefficient (Wildman–Crippen LogP) is 3.54. The highest BCUT2D eigenvalue weighted by atomic mass is 35.5. The molecule has 0 saturated heterocycles. The fourth-order valence-corrected chi connectivity index (χ4v) is 3.04. The molecule has 1 fully saturated rings. The summed E-state index contributed by atoms with van der Waals surface area (Å²) in [6.45, 7) is 4.44. The molecule has 1 amide bonds. The van der Waals surface area contributed by atoms with Crippen molar-refractivity contribution in [3.05, 3.63) is 17.7 Å². The minimum atomic E-state index is -0.933. The van der Waals surface area contributed by atoms with E-state index in [1.807, 2.05) is 26.0 Å². The standard InChI is InChI=1S/C15H17Cl2NO3/c1-3-20-13-5-9-4-8(2)21-12(9)6-11(13)18-14(19)10-7-15(10,16)17/h5-6,8,10H,3-4,7H2,1-2H3,(H,18,19). The lowest BCUT2D eigenvalue weighted by Crippen LogP contribution is -2.17. The second-order valence-corrected chi connectivity index (χ2v) is 7.07. The van der Waals surface area contributed by atoms with Crippen LogP contribution in [0.4, 0.5) is 5.69 Å². The molecule has 2 unspecified atom stereocenters. The Labute approximate surface area is 133 Å². The van der Waals surface area contributed by atoms with E-state index in [2.05, 4.69) is 5.32 Å². The summed E-state index contributed by atoms with van der Waals surface area (Å²) in [7, 11) is 0. The Hall–Kier alpha value is -1.13. The summed E-state index contributed by atoms with van der Waals surface area (Å²) in [5.41, 5.74) is 1.70. The molecule has 0 radical (unpaired) electrons. The van der Waals surface area contributed by atoms with Crippen LogP contribution in [0.1, 0.15) is 25.8 Å². The Morgan fingerprint density at radius 1 is 1.52 bits per heavy atom. The van der Waals surface area contributed by atoms with E-state index >= 15 is 0 Å². The lowest BCUT2D eigenvalue weighted by molar-refractivity contribution is -0.117. The number of hydrogen-bond donors (Lipinski definition) is 1. The summed E-state index contributed by atoms with van der Waals surface area (Å²) in [5.74, 6) is 0.883. The van der Waals surface area contributed by atoms with E-state index in [1.54, 1.807) is 0 Å². The minimum Gasteiger partial charge on any atom is -0.492 e. The highest BCUT2D eigenvalue weighted by Crippen LogP contribution is 2.53. The summed E-state index contributed by atoms with van der Waals surface area (Å²) in [4.78, 5) is 12.1. The molecular weight excluding hydrogens is 313 g/mol. The van der Waals surface area contributed by atoms with Crippen LogP contribution in [0.3, 0.4) is 0 Å². The molecule has 1 saturated carbocycles. The zero-order chi connectivity index (χ0) is 15.2. The van der Waals surface area contributed by atoms with Crippen molar-refractivity contribution in [1.29, 1.82) is 0 Å². The Bertz CT molecular complexity index is 589. The van der Waals surface area contributed by atoms with E-state index in [0.717, 1.165) is 17.7 Å². The maximum absolute atomic E-state index is 12.1. The van der Waals surface area contributed by atoms with Crippen molar-refractivity contribution in [2.75, 3.05) is 11.9 Å². The van der Waals surface area contributed by atoms with Crippen molar-refractivity contribution < 1.29 is 14.3 Å². The van der Waals surface area contributed by atoms with Crippen molar-refractivity contribution >= 4 is 34.8 Å². The molecule has 1 aromatic rings. The third kappa shape index (κ3) is 2.92. The first-order valence-electron chi connectivity index (χ1n) is 7.05. The number of amides is 1. The molecule has 1 aliphatic carbocycles. The first-order chi connectivity index (χ1) is 9.90. The van der Waals surface area contributed by atoms with Gasteiger partial charge < -0.3 is 14.8 Å². The number of carbonyl (C=O) groups is 1. The number of nitrogens with one attached hydrogen (secondary N) is 1. The van der Waals surface area contributed by atoms with Crippen molar-refractivity contribution in [2.45, 2.75) is 37.1 Å². The van der Waals surface area contributed by atoms with Crippen molar-refractivity contribution in [3.8, 4) is 11.5 Å². The van der Waals surface area contributed by atoms with Crippen LogP contribution >= 0.6 is 23.2 Å². The number of ether oxygens (including phenoxy) is 2. The number of halogens is 2. The fourth-order valence-electron chi connectivity index (χ4n) is 2.53. The van der Waals surface area contributed by atoms with Gasteiger partial charge in [-0.1, -0.05) is 0 Å². The van der Waals surface area contributed by atoms with Crippen molar-refractivity contribution in [2.24, 2.45) is 5.92 Å². The van der Waals surface area contributed by atoms with E-state index in [9.17, 15) is 4.79 Å². The lowest BCUT2D eigenvalue weighted by Gasteiger charge is -2.13. The van der Waals surface area contributed by atoms with Crippen molar-refractivity contribution in [3.63, 3.8) is 0 Å². The monoisotopic (exact) mass is 329 g/mol. The highest BCUT2D eigenvalue weighted by molar-refractivity contribution is 6.52. The quantitative estimate of drug-likeness (QED) is 0.859. The van der Waals surface area contributed by atoms with Gasteiger partial charge in [0.2, 0.25) is 5.91 Å². The largest absolute Gasteiger partial charge is 0.492 e. The predicted molar refractivity (Wildman–Crippen MR) is 82.6 cm³/mol. The number of alkyl halides is 2. The summed E-state index contributed by atoms with van der Waals surface area (Å²) in [6, 6.07) is 3.74. The summed E-state index contributed by atoms with van der Waals surface area (Å²) in [6.07, 6.45) is 1.46. The van der Waals surface area contributed by atoms with Gasteiger partial charge in [0.05, 0.1) is 18.2 Å². The summed E-state index contributed by atoms with van der Waals surface area (Å²) < 4.78 is 10.4. The number of benzene rings is 1. The van der Waals surface area contributed by atoms with E-state index in [4.69, 9.17) is 32.7 Å². The smallest absolute Gasteiger partial charge is 0.230 e. The average Bonchev–Trinajstić information content (AvgIpc) is 2.88. The second kappa shape index (κ2) is 5.25. The van der Waals surface area contributed by atoms with Crippen LogP contribution in [0, 0.1) is 5.92 Å². The van der Waals surface area contributed by atoms with Gasteiger partial charge in [0, 0.05) is 18.1 Å². The number of anilines is 1. The van der Waals surface area contributed by atoms with Gasteiger partial charge in [0.15, 0.2) is 0 Å². The molecule has 114 valence electrons. The minimum absolute atomic E-state index is 0.141. The van der Waals surface area contributed by atoms with Gasteiger partial charge >= 0.3 is 0 Å². The van der Waals surface area contributed by atoms with E-state index in [-0.39, 0.29) is 17.9 Å². The zero-order valence-corrected chi connectivity index (χ0v) is 13.4. The second-order valence-electron chi connectivity index (χ2n) is 5.53. The molecule has 2 aliphatic rings. The van der Waals surface area contributed by atoms with Gasteiger partial charge in [-0.05, 0) is 26.3 Å². The molecule has 1 N–H and O–H groups in total. The van der Waals surface area contributed by atoms with E-state index in [1.165, 1.54) is 0 Å². The number of hydrogen-bond acceptors (Lipinski definition) is 3. The Morgan fingerprint density at radius 3 is 2.86 bits per heavy atom. The van der Waals surface area contributed by atoms with Crippen LogP contribution in [0.15, 0.2) is 12.1 Å². The molecule has 0 aromatic heterocycles. The highest BCUT2D eigenvalue weighted by Gasteiger charge is 2.56. The van der Waals surface area contributed by atoms with Crippen LogP contribution in [-0.4, -0.2) is 23.0 Å². The molecule has 0 bridgehead atoms. The van der Waals surface area contributed by atoms with Gasteiger partial charge in [0.1, 0.15) is 21.9 Å².